The minimum absolute atomic E-state index is 0.326. The van der Waals surface area contributed by atoms with Gasteiger partial charge >= 0.3 is 0 Å². The number of aryl methyl sites for hydroxylation is 2. The second kappa shape index (κ2) is 7.28. The van der Waals surface area contributed by atoms with Gasteiger partial charge in [0.2, 0.25) is 0 Å². The Morgan fingerprint density at radius 3 is 2.38 bits per heavy atom. The molecular weight excluding hydrogens is 258 g/mol. The van der Waals surface area contributed by atoms with Gasteiger partial charge in [-0.3, -0.25) is 0 Å². The molecule has 2 aromatic carbocycles. The lowest BCUT2D eigenvalue weighted by Gasteiger charge is -2.18. The van der Waals surface area contributed by atoms with E-state index in [0.29, 0.717) is 12.5 Å². The van der Waals surface area contributed by atoms with E-state index in [9.17, 15) is 0 Å². The first-order valence-electron chi connectivity index (χ1n) is 7.60. The van der Waals surface area contributed by atoms with Crippen molar-refractivity contribution in [3.8, 4) is 5.75 Å². The summed E-state index contributed by atoms with van der Waals surface area (Å²) in [4.78, 5) is 0. The van der Waals surface area contributed by atoms with Crippen molar-refractivity contribution in [3.05, 3.63) is 64.7 Å². The molecular formula is C19H25NO. The quantitative estimate of drug-likeness (QED) is 0.874. The van der Waals surface area contributed by atoms with Gasteiger partial charge in [-0.05, 0) is 49.1 Å². The van der Waals surface area contributed by atoms with Gasteiger partial charge in [0, 0.05) is 5.92 Å². The number of hydrogen-bond acceptors (Lipinski definition) is 2. The van der Waals surface area contributed by atoms with Crippen LogP contribution in [0, 0.1) is 6.92 Å². The zero-order valence-corrected chi connectivity index (χ0v) is 13.2. The number of hydrogen-bond donors (Lipinski definition) is 1. The first-order valence-corrected chi connectivity index (χ1v) is 7.60. The smallest absolute Gasteiger partial charge is 0.122 e. The molecule has 0 saturated heterocycles. The topological polar surface area (TPSA) is 35.2 Å². The van der Waals surface area contributed by atoms with E-state index in [4.69, 9.17) is 10.5 Å². The fraction of sp³-hybridized carbons (Fsp3) is 0.368. The lowest BCUT2D eigenvalue weighted by molar-refractivity contribution is 0.408. The SMILES string of the molecule is CCc1ccc(OC)c(CC(CN)c2ccc(C)cc2)c1. The molecule has 2 aromatic rings. The molecule has 0 amide bonds. The number of nitrogens with two attached hydrogens (primary N) is 1. The first-order chi connectivity index (χ1) is 10.2. The summed E-state index contributed by atoms with van der Waals surface area (Å²) in [5.41, 5.74) is 11.2. The molecule has 1 unspecified atom stereocenters. The van der Waals surface area contributed by atoms with Crippen LogP contribution in [0.1, 0.15) is 35.1 Å². The molecule has 2 rings (SSSR count). The highest BCUT2D eigenvalue weighted by atomic mass is 16.5. The lowest BCUT2D eigenvalue weighted by Crippen LogP contribution is -2.15. The van der Waals surface area contributed by atoms with Gasteiger partial charge in [-0.15, -0.1) is 0 Å². The average Bonchev–Trinajstić information content (AvgIpc) is 2.53. The molecule has 0 saturated carbocycles. The van der Waals surface area contributed by atoms with E-state index < -0.39 is 0 Å². The highest BCUT2D eigenvalue weighted by molar-refractivity contribution is 5.39. The van der Waals surface area contributed by atoms with Gasteiger partial charge in [0.25, 0.3) is 0 Å². The third-order valence-electron chi connectivity index (χ3n) is 4.05. The van der Waals surface area contributed by atoms with Gasteiger partial charge in [-0.25, -0.2) is 0 Å². The summed E-state index contributed by atoms with van der Waals surface area (Å²) in [6, 6.07) is 15.1. The molecule has 0 heterocycles. The zero-order valence-electron chi connectivity index (χ0n) is 13.2. The van der Waals surface area contributed by atoms with Gasteiger partial charge in [-0.1, -0.05) is 48.9 Å². The van der Waals surface area contributed by atoms with E-state index in [2.05, 4.69) is 56.3 Å². The van der Waals surface area contributed by atoms with E-state index in [-0.39, 0.29) is 0 Å². The maximum atomic E-state index is 6.01. The molecule has 0 spiro atoms. The van der Waals surface area contributed by atoms with Crippen molar-refractivity contribution in [1.29, 1.82) is 0 Å². The van der Waals surface area contributed by atoms with Crippen molar-refractivity contribution < 1.29 is 4.74 Å². The Hall–Kier alpha value is -1.80. The molecule has 0 aromatic heterocycles. The number of benzene rings is 2. The Labute approximate surface area is 127 Å². The minimum Gasteiger partial charge on any atom is -0.496 e. The van der Waals surface area contributed by atoms with E-state index in [1.807, 2.05) is 0 Å². The maximum absolute atomic E-state index is 6.01. The monoisotopic (exact) mass is 283 g/mol. The third kappa shape index (κ3) is 3.85. The van der Waals surface area contributed by atoms with Gasteiger partial charge in [0.1, 0.15) is 5.75 Å². The Bertz CT molecular complexity index is 575. The molecule has 2 N–H and O–H groups in total. The summed E-state index contributed by atoms with van der Waals surface area (Å²) >= 11 is 0. The molecule has 0 bridgehead atoms. The molecule has 1 atom stereocenters. The molecule has 2 nitrogen and oxygen atoms in total. The van der Waals surface area contributed by atoms with E-state index in [1.54, 1.807) is 7.11 Å². The molecule has 0 fully saturated rings. The second-order valence-electron chi connectivity index (χ2n) is 5.55. The summed E-state index contributed by atoms with van der Waals surface area (Å²) < 4.78 is 5.50. The fourth-order valence-electron chi connectivity index (χ4n) is 2.65. The van der Waals surface area contributed by atoms with Crippen molar-refractivity contribution >= 4 is 0 Å². The van der Waals surface area contributed by atoms with Crippen LogP contribution in [0.5, 0.6) is 5.75 Å². The van der Waals surface area contributed by atoms with Gasteiger partial charge in [0.15, 0.2) is 0 Å². The largest absolute Gasteiger partial charge is 0.496 e. The Morgan fingerprint density at radius 2 is 1.81 bits per heavy atom. The Balaban J connectivity index is 2.27. The molecule has 0 radical (unpaired) electrons. The fourth-order valence-corrected chi connectivity index (χ4v) is 2.65. The minimum atomic E-state index is 0.326. The van der Waals surface area contributed by atoms with Crippen molar-refractivity contribution in [1.82, 2.24) is 0 Å². The highest BCUT2D eigenvalue weighted by Crippen LogP contribution is 2.27. The van der Waals surface area contributed by atoms with Gasteiger partial charge in [0.05, 0.1) is 7.11 Å². The highest BCUT2D eigenvalue weighted by Gasteiger charge is 2.14. The summed E-state index contributed by atoms with van der Waals surface area (Å²) in [7, 11) is 1.73. The van der Waals surface area contributed by atoms with Gasteiger partial charge in [-0.2, -0.15) is 0 Å². The molecule has 21 heavy (non-hydrogen) atoms. The van der Waals surface area contributed by atoms with E-state index in [1.165, 1.54) is 22.3 Å². The van der Waals surface area contributed by atoms with Crippen LogP contribution in [0.15, 0.2) is 42.5 Å². The predicted molar refractivity (Wildman–Crippen MR) is 89.1 cm³/mol. The maximum Gasteiger partial charge on any atom is 0.122 e. The summed E-state index contributed by atoms with van der Waals surface area (Å²) in [5, 5.41) is 0. The predicted octanol–water partition coefficient (Wildman–Crippen LogP) is 3.85. The second-order valence-corrected chi connectivity index (χ2v) is 5.55. The summed E-state index contributed by atoms with van der Waals surface area (Å²) in [6.45, 7) is 4.92. The number of methoxy groups -OCH3 is 1. The number of ether oxygens (including phenoxy) is 1. The van der Waals surface area contributed by atoms with E-state index >= 15 is 0 Å². The van der Waals surface area contributed by atoms with Crippen molar-refractivity contribution in [3.63, 3.8) is 0 Å². The Morgan fingerprint density at radius 1 is 1.10 bits per heavy atom. The number of rotatable bonds is 6. The van der Waals surface area contributed by atoms with Gasteiger partial charge < -0.3 is 10.5 Å². The molecule has 0 aliphatic rings. The van der Waals surface area contributed by atoms with Crippen LogP contribution in [-0.2, 0) is 12.8 Å². The first kappa shape index (κ1) is 15.6. The van der Waals surface area contributed by atoms with Crippen molar-refractivity contribution in [2.24, 2.45) is 5.73 Å². The van der Waals surface area contributed by atoms with Crippen LogP contribution in [0.3, 0.4) is 0 Å². The third-order valence-corrected chi connectivity index (χ3v) is 4.05. The van der Waals surface area contributed by atoms with Crippen LogP contribution >= 0.6 is 0 Å². The molecule has 2 heteroatoms. The van der Waals surface area contributed by atoms with Crippen LogP contribution < -0.4 is 10.5 Å². The molecule has 112 valence electrons. The van der Waals surface area contributed by atoms with Crippen molar-refractivity contribution in [2.75, 3.05) is 13.7 Å². The lowest BCUT2D eigenvalue weighted by atomic mass is 9.90. The molecule has 0 aliphatic heterocycles. The van der Waals surface area contributed by atoms with E-state index in [0.717, 1.165) is 18.6 Å². The summed E-state index contributed by atoms with van der Waals surface area (Å²) in [5.74, 6) is 1.28. The molecule has 0 aliphatic carbocycles. The normalized spacial score (nSPS) is 12.2. The summed E-state index contributed by atoms with van der Waals surface area (Å²) in [6.07, 6.45) is 1.95. The van der Waals surface area contributed by atoms with Crippen LogP contribution in [0.2, 0.25) is 0 Å². The van der Waals surface area contributed by atoms with Crippen LogP contribution in [0.25, 0.3) is 0 Å². The standard InChI is InChI=1S/C19H25NO/c1-4-15-7-10-19(21-3)17(11-15)12-18(13-20)16-8-5-14(2)6-9-16/h5-11,18H,4,12-13,20H2,1-3H3. The van der Waals surface area contributed by atoms with Crippen LogP contribution in [0.4, 0.5) is 0 Å². The Kier molecular flexibility index (Phi) is 5.40. The average molecular weight is 283 g/mol. The van der Waals surface area contributed by atoms with Crippen LogP contribution in [-0.4, -0.2) is 13.7 Å². The van der Waals surface area contributed by atoms with Crippen molar-refractivity contribution in [2.45, 2.75) is 32.6 Å². The zero-order chi connectivity index (χ0) is 15.2.